The van der Waals surface area contributed by atoms with Gasteiger partial charge in [-0.3, -0.25) is 4.79 Å². The Morgan fingerprint density at radius 2 is 2.11 bits per heavy atom. The minimum atomic E-state index is 0.0213. The second-order valence-electron chi connectivity index (χ2n) is 4.72. The molecule has 0 atom stereocenters. The van der Waals surface area contributed by atoms with Crippen LogP contribution in [0.25, 0.3) is 0 Å². The van der Waals surface area contributed by atoms with Gasteiger partial charge in [-0.05, 0) is 37.0 Å². The quantitative estimate of drug-likeness (QED) is 0.799. The van der Waals surface area contributed by atoms with Crippen LogP contribution in [0, 0.1) is 5.92 Å². The van der Waals surface area contributed by atoms with E-state index in [1.54, 1.807) is 24.3 Å². The summed E-state index contributed by atoms with van der Waals surface area (Å²) in [6.07, 6.45) is 1.96. The molecule has 1 aliphatic rings. The molecule has 0 spiro atoms. The SMILES string of the molecule is O=C(COc1cccc(Cl)c1)N1CCC(CCl)CC1. The van der Waals surface area contributed by atoms with E-state index in [0.29, 0.717) is 22.6 Å². The molecule has 2 rings (SSSR count). The lowest BCUT2D eigenvalue weighted by molar-refractivity contribution is -0.134. The summed E-state index contributed by atoms with van der Waals surface area (Å²) >= 11 is 11.7. The van der Waals surface area contributed by atoms with Crippen LogP contribution in [0.15, 0.2) is 24.3 Å². The van der Waals surface area contributed by atoms with Crippen molar-refractivity contribution in [3.63, 3.8) is 0 Å². The van der Waals surface area contributed by atoms with E-state index in [4.69, 9.17) is 27.9 Å². The molecule has 0 aliphatic carbocycles. The van der Waals surface area contributed by atoms with Crippen LogP contribution in [-0.4, -0.2) is 36.4 Å². The maximum absolute atomic E-state index is 12.0. The van der Waals surface area contributed by atoms with Gasteiger partial charge in [-0.15, -0.1) is 11.6 Å². The van der Waals surface area contributed by atoms with E-state index in [9.17, 15) is 4.79 Å². The molecule has 1 heterocycles. The molecule has 0 bridgehead atoms. The molecule has 1 saturated heterocycles. The highest BCUT2D eigenvalue weighted by Crippen LogP contribution is 2.19. The molecule has 0 radical (unpaired) electrons. The van der Waals surface area contributed by atoms with Crippen LogP contribution >= 0.6 is 23.2 Å². The zero-order valence-electron chi connectivity index (χ0n) is 10.6. The van der Waals surface area contributed by atoms with Gasteiger partial charge < -0.3 is 9.64 Å². The van der Waals surface area contributed by atoms with E-state index >= 15 is 0 Å². The molecule has 3 nitrogen and oxygen atoms in total. The van der Waals surface area contributed by atoms with Gasteiger partial charge in [0, 0.05) is 24.0 Å². The summed E-state index contributed by atoms with van der Waals surface area (Å²) in [5.74, 6) is 1.87. The molecule has 0 unspecified atom stereocenters. The van der Waals surface area contributed by atoms with Crippen LogP contribution in [0.2, 0.25) is 5.02 Å². The minimum absolute atomic E-state index is 0.0213. The summed E-state index contributed by atoms with van der Waals surface area (Å²) in [7, 11) is 0. The molecule has 0 saturated carbocycles. The number of benzene rings is 1. The third-order valence-corrected chi connectivity index (χ3v) is 4.02. The molecule has 1 aromatic carbocycles. The average Bonchev–Trinajstić information content (AvgIpc) is 2.45. The molecule has 0 aromatic heterocycles. The van der Waals surface area contributed by atoms with Crippen LogP contribution in [0.1, 0.15) is 12.8 Å². The van der Waals surface area contributed by atoms with Gasteiger partial charge in [0.2, 0.25) is 0 Å². The van der Waals surface area contributed by atoms with Crippen LogP contribution in [-0.2, 0) is 4.79 Å². The third kappa shape index (κ3) is 4.29. The Morgan fingerprint density at radius 1 is 1.37 bits per heavy atom. The van der Waals surface area contributed by atoms with Gasteiger partial charge in [0.05, 0.1) is 0 Å². The summed E-state index contributed by atoms with van der Waals surface area (Å²) < 4.78 is 5.45. The first-order valence-corrected chi connectivity index (χ1v) is 7.32. The molecule has 1 amide bonds. The largest absolute Gasteiger partial charge is 0.484 e. The first kappa shape index (κ1) is 14.5. The lowest BCUT2D eigenvalue weighted by Crippen LogP contribution is -2.41. The van der Waals surface area contributed by atoms with E-state index in [1.165, 1.54) is 0 Å². The first-order valence-electron chi connectivity index (χ1n) is 6.41. The number of carbonyl (C=O) groups excluding carboxylic acids is 1. The van der Waals surface area contributed by atoms with E-state index in [0.717, 1.165) is 25.9 Å². The second-order valence-corrected chi connectivity index (χ2v) is 5.47. The maximum Gasteiger partial charge on any atom is 0.260 e. The van der Waals surface area contributed by atoms with Gasteiger partial charge in [-0.1, -0.05) is 17.7 Å². The van der Waals surface area contributed by atoms with E-state index in [-0.39, 0.29) is 12.5 Å². The first-order chi connectivity index (χ1) is 9.19. The fraction of sp³-hybridized carbons (Fsp3) is 0.500. The van der Waals surface area contributed by atoms with Crippen molar-refractivity contribution in [2.75, 3.05) is 25.6 Å². The number of amides is 1. The van der Waals surface area contributed by atoms with Crippen LogP contribution in [0.3, 0.4) is 0 Å². The highest BCUT2D eigenvalue weighted by atomic mass is 35.5. The molecule has 0 N–H and O–H groups in total. The Morgan fingerprint density at radius 3 is 2.74 bits per heavy atom. The number of piperidine rings is 1. The number of hydrogen-bond acceptors (Lipinski definition) is 2. The fourth-order valence-electron chi connectivity index (χ4n) is 2.13. The Balaban J connectivity index is 1.79. The molecule has 5 heteroatoms. The summed E-state index contributed by atoms with van der Waals surface area (Å²) in [6.45, 7) is 1.61. The van der Waals surface area contributed by atoms with Crippen molar-refractivity contribution < 1.29 is 9.53 Å². The van der Waals surface area contributed by atoms with Crippen molar-refractivity contribution >= 4 is 29.1 Å². The lowest BCUT2D eigenvalue weighted by atomic mass is 9.99. The second kappa shape index (κ2) is 7.01. The van der Waals surface area contributed by atoms with Gasteiger partial charge in [0.15, 0.2) is 6.61 Å². The van der Waals surface area contributed by atoms with Gasteiger partial charge in [-0.25, -0.2) is 0 Å². The van der Waals surface area contributed by atoms with Gasteiger partial charge in [0.1, 0.15) is 5.75 Å². The zero-order chi connectivity index (χ0) is 13.7. The number of nitrogens with zero attached hydrogens (tertiary/aromatic N) is 1. The smallest absolute Gasteiger partial charge is 0.260 e. The van der Waals surface area contributed by atoms with Crippen LogP contribution in [0.5, 0.6) is 5.75 Å². The molecule has 19 heavy (non-hydrogen) atoms. The molecular weight excluding hydrogens is 285 g/mol. The number of likely N-dealkylation sites (tertiary alicyclic amines) is 1. The van der Waals surface area contributed by atoms with Crippen molar-refractivity contribution in [3.8, 4) is 5.75 Å². The highest BCUT2D eigenvalue weighted by molar-refractivity contribution is 6.30. The summed E-state index contributed by atoms with van der Waals surface area (Å²) in [4.78, 5) is 13.8. The fourth-order valence-corrected chi connectivity index (χ4v) is 2.62. The molecule has 104 valence electrons. The van der Waals surface area contributed by atoms with Crippen molar-refractivity contribution in [2.24, 2.45) is 5.92 Å². The maximum atomic E-state index is 12.0. The lowest BCUT2D eigenvalue weighted by Gasteiger charge is -2.31. The monoisotopic (exact) mass is 301 g/mol. The zero-order valence-corrected chi connectivity index (χ0v) is 12.2. The number of ether oxygens (including phenoxy) is 1. The van der Waals surface area contributed by atoms with Crippen molar-refractivity contribution in [1.29, 1.82) is 0 Å². The van der Waals surface area contributed by atoms with Crippen molar-refractivity contribution in [3.05, 3.63) is 29.3 Å². The number of rotatable bonds is 4. The molecule has 1 aromatic rings. The Hall–Kier alpha value is -0.930. The van der Waals surface area contributed by atoms with E-state index in [2.05, 4.69) is 0 Å². The number of alkyl halides is 1. The van der Waals surface area contributed by atoms with Crippen molar-refractivity contribution in [1.82, 2.24) is 4.90 Å². The van der Waals surface area contributed by atoms with Gasteiger partial charge in [0.25, 0.3) is 5.91 Å². The van der Waals surface area contributed by atoms with Gasteiger partial charge in [-0.2, -0.15) is 0 Å². The number of halogens is 2. The van der Waals surface area contributed by atoms with Crippen molar-refractivity contribution in [2.45, 2.75) is 12.8 Å². The highest BCUT2D eigenvalue weighted by Gasteiger charge is 2.22. The molecule has 1 aliphatic heterocycles. The topological polar surface area (TPSA) is 29.5 Å². The predicted octanol–water partition coefficient (Wildman–Crippen LogP) is 3.20. The van der Waals surface area contributed by atoms with Gasteiger partial charge >= 0.3 is 0 Å². The normalized spacial score (nSPS) is 16.4. The summed E-state index contributed by atoms with van der Waals surface area (Å²) in [6, 6.07) is 7.06. The Labute approximate surface area is 123 Å². The van der Waals surface area contributed by atoms with Crippen LogP contribution in [0.4, 0.5) is 0 Å². The van der Waals surface area contributed by atoms with E-state index in [1.807, 2.05) is 4.90 Å². The summed E-state index contributed by atoms with van der Waals surface area (Å²) in [5.41, 5.74) is 0. The van der Waals surface area contributed by atoms with E-state index < -0.39 is 0 Å². The minimum Gasteiger partial charge on any atom is -0.484 e. The number of hydrogen-bond donors (Lipinski definition) is 0. The average molecular weight is 302 g/mol. The molecular formula is C14H17Cl2NO2. The molecule has 1 fully saturated rings. The number of carbonyl (C=O) groups is 1. The Kier molecular flexibility index (Phi) is 5.34. The third-order valence-electron chi connectivity index (χ3n) is 3.34. The summed E-state index contributed by atoms with van der Waals surface area (Å²) in [5, 5.41) is 0.605. The van der Waals surface area contributed by atoms with Crippen LogP contribution < -0.4 is 4.74 Å². The Bertz CT molecular complexity index is 431. The predicted molar refractivity (Wildman–Crippen MR) is 77.0 cm³/mol. The standard InChI is InChI=1S/C14H17Cl2NO2/c15-9-11-4-6-17(7-5-11)14(18)10-19-13-3-1-2-12(16)8-13/h1-3,8,11H,4-7,9-10H2.